The SMILES string of the molecule is COCc1nc2ccccc2n1C1=NC=C(F)CN1c1ccc(Cl)cc1. The predicted octanol–water partition coefficient (Wildman–Crippen LogP) is 4.37. The Morgan fingerprint density at radius 1 is 1.15 bits per heavy atom. The molecule has 26 heavy (non-hydrogen) atoms. The Hall–Kier alpha value is -2.70. The lowest BCUT2D eigenvalue weighted by molar-refractivity contribution is 0.177. The summed E-state index contributed by atoms with van der Waals surface area (Å²) in [5.74, 6) is 0.943. The van der Waals surface area contributed by atoms with Gasteiger partial charge in [-0.2, -0.15) is 0 Å². The summed E-state index contributed by atoms with van der Waals surface area (Å²) in [6.45, 7) is 0.397. The van der Waals surface area contributed by atoms with Gasteiger partial charge in [0, 0.05) is 17.8 Å². The third-order valence-electron chi connectivity index (χ3n) is 4.11. The summed E-state index contributed by atoms with van der Waals surface area (Å²) in [6.07, 6.45) is 1.24. The molecule has 132 valence electrons. The maximum absolute atomic E-state index is 14.0. The zero-order valence-corrected chi connectivity index (χ0v) is 14.8. The molecule has 4 rings (SSSR count). The molecule has 0 aliphatic carbocycles. The number of halogens is 2. The lowest BCUT2D eigenvalue weighted by Crippen LogP contribution is -2.39. The average molecular weight is 371 g/mol. The van der Waals surface area contributed by atoms with Crippen molar-refractivity contribution in [2.45, 2.75) is 6.61 Å². The fourth-order valence-electron chi connectivity index (χ4n) is 2.99. The van der Waals surface area contributed by atoms with Crippen LogP contribution in [0.2, 0.25) is 5.02 Å². The van der Waals surface area contributed by atoms with Gasteiger partial charge < -0.3 is 9.64 Å². The van der Waals surface area contributed by atoms with E-state index in [9.17, 15) is 4.39 Å². The maximum atomic E-state index is 14.0. The van der Waals surface area contributed by atoms with Crippen molar-refractivity contribution >= 4 is 34.3 Å². The summed E-state index contributed by atoms with van der Waals surface area (Å²) in [5.41, 5.74) is 2.50. The maximum Gasteiger partial charge on any atom is 0.216 e. The lowest BCUT2D eigenvalue weighted by Gasteiger charge is -2.29. The van der Waals surface area contributed by atoms with Crippen LogP contribution in [0.3, 0.4) is 0 Å². The molecule has 0 N–H and O–H groups in total. The first-order valence-electron chi connectivity index (χ1n) is 8.08. The molecule has 0 fully saturated rings. The topological polar surface area (TPSA) is 42.6 Å². The number of rotatable bonds is 3. The molecule has 0 atom stereocenters. The first-order chi connectivity index (χ1) is 12.7. The van der Waals surface area contributed by atoms with E-state index in [2.05, 4.69) is 9.98 Å². The standard InChI is InChI=1S/C19H16ClFN4O/c1-26-12-18-23-16-4-2-3-5-17(16)25(18)19-22-10-14(21)11-24(19)15-8-6-13(20)7-9-15/h2-10H,11-12H2,1H3. The van der Waals surface area contributed by atoms with Crippen molar-refractivity contribution < 1.29 is 9.13 Å². The van der Waals surface area contributed by atoms with Crippen LogP contribution < -0.4 is 4.90 Å². The minimum absolute atomic E-state index is 0.0827. The first-order valence-corrected chi connectivity index (χ1v) is 8.46. The molecule has 7 heteroatoms. The summed E-state index contributed by atoms with van der Waals surface area (Å²) < 4.78 is 21.2. The van der Waals surface area contributed by atoms with Crippen LogP contribution in [0.25, 0.3) is 11.0 Å². The van der Waals surface area contributed by atoms with Crippen LogP contribution in [0, 0.1) is 0 Å². The molecule has 0 saturated heterocycles. The van der Waals surface area contributed by atoms with Gasteiger partial charge >= 0.3 is 0 Å². The van der Waals surface area contributed by atoms with Crippen molar-refractivity contribution in [3.8, 4) is 0 Å². The van der Waals surface area contributed by atoms with Crippen LogP contribution in [0.1, 0.15) is 5.82 Å². The number of fused-ring (bicyclic) bond motifs is 1. The monoisotopic (exact) mass is 370 g/mol. The van der Waals surface area contributed by atoms with E-state index in [4.69, 9.17) is 16.3 Å². The van der Waals surface area contributed by atoms with Crippen LogP contribution in [-0.4, -0.2) is 29.2 Å². The number of anilines is 1. The van der Waals surface area contributed by atoms with Gasteiger partial charge in [0.05, 0.1) is 23.8 Å². The fourth-order valence-corrected chi connectivity index (χ4v) is 3.12. The Bertz CT molecular complexity index is 1010. The molecule has 0 saturated carbocycles. The van der Waals surface area contributed by atoms with Gasteiger partial charge in [0.15, 0.2) is 0 Å². The molecule has 0 bridgehead atoms. The first kappa shape index (κ1) is 16.8. The van der Waals surface area contributed by atoms with Crippen molar-refractivity contribution in [3.05, 3.63) is 71.4 Å². The molecule has 1 aliphatic rings. The van der Waals surface area contributed by atoms with Crippen molar-refractivity contribution in [2.24, 2.45) is 4.99 Å². The van der Waals surface area contributed by atoms with Crippen molar-refractivity contribution in [1.29, 1.82) is 0 Å². The molecular formula is C19H16ClFN4O. The number of para-hydroxylation sites is 2. The van der Waals surface area contributed by atoms with Gasteiger partial charge in [-0.1, -0.05) is 23.7 Å². The van der Waals surface area contributed by atoms with Gasteiger partial charge in [-0.25, -0.2) is 14.4 Å². The fraction of sp³-hybridized carbons (Fsp3) is 0.158. The third-order valence-corrected chi connectivity index (χ3v) is 4.36. The number of aliphatic imine (C=N–C) groups is 1. The number of hydrogen-bond acceptors (Lipinski definition) is 4. The summed E-state index contributed by atoms with van der Waals surface area (Å²) in [4.78, 5) is 10.8. The van der Waals surface area contributed by atoms with Crippen molar-refractivity contribution in [1.82, 2.24) is 9.55 Å². The van der Waals surface area contributed by atoms with Gasteiger partial charge in [0.1, 0.15) is 18.3 Å². The van der Waals surface area contributed by atoms with E-state index in [-0.39, 0.29) is 12.4 Å². The number of imidazole rings is 1. The van der Waals surface area contributed by atoms with Gasteiger partial charge in [-0.3, -0.25) is 4.57 Å². The van der Waals surface area contributed by atoms with Gasteiger partial charge in [-0.05, 0) is 36.4 Å². The van der Waals surface area contributed by atoms with Crippen molar-refractivity contribution in [2.75, 3.05) is 18.6 Å². The Balaban J connectivity index is 1.90. The number of benzene rings is 2. The molecule has 2 aromatic carbocycles. The Morgan fingerprint density at radius 2 is 1.92 bits per heavy atom. The molecular weight excluding hydrogens is 355 g/mol. The van der Waals surface area contributed by atoms with E-state index in [1.54, 1.807) is 24.1 Å². The van der Waals surface area contributed by atoms with Crippen LogP contribution in [0.5, 0.6) is 0 Å². The highest BCUT2D eigenvalue weighted by molar-refractivity contribution is 6.30. The Labute approximate surface area is 155 Å². The Morgan fingerprint density at radius 3 is 2.69 bits per heavy atom. The van der Waals surface area contributed by atoms with E-state index in [0.717, 1.165) is 16.7 Å². The smallest absolute Gasteiger partial charge is 0.216 e. The number of ether oxygens (including phenoxy) is 1. The van der Waals surface area contributed by atoms with E-state index in [1.807, 2.05) is 41.0 Å². The van der Waals surface area contributed by atoms with E-state index in [0.29, 0.717) is 23.4 Å². The van der Waals surface area contributed by atoms with Crippen LogP contribution in [0.15, 0.2) is 65.6 Å². The van der Waals surface area contributed by atoms with Gasteiger partial charge in [0.2, 0.25) is 5.96 Å². The second-order valence-electron chi connectivity index (χ2n) is 5.85. The Kier molecular flexibility index (Phi) is 4.44. The summed E-state index contributed by atoms with van der Waals surface area (Å²) in [7, 11) is 1.61. The van der Waals surface area contributed by atoms with Gasteiger partial charge in [0.25, 0.3) is 0 Å². The molecule has 1 aromatic heterocycles. The quantitative estimate of drug-likeness (QED) is 0.687. The molecule has 1 aliphatic heterocycles. The zero-order valence-electron chi connectivity index (χ0n) is 14.1. The molecule has 3 aromatic rings. The second-order valence-corrected chi connectivity index (χ2v) is 6.29. The highest BCUT2D eigenvalue weighted by Crippen LogP contribution is 2.26. The average Bonchev–Trinajstić information content (AvgIpc) is 3.01. The number of hydrogen-bond donors (Lipinski definition) is 0. The summed E-state index contributed by atoms with van der Waals surface area (Å²) in [6, 6.07) is 15.0. The molecule has 5 nitrogen and oxygen atoms in total. The normalized spacial score (nSPS) is 14.5. The number of aromatic nitrogens is 2. The second kappa shape index (κ2) is 6.90. The third kappa shape index (κ3) is 2.98. The highest BCUT2D eigenvalue weighted by atomic mass is 35.5. The van der Waals surface area contributed by atoms with Crippen LogP contribution >= 0.6 is 11.6 Å². The van der Waals surface area contributed by atoms with Crippen LogP contribution in [-0.2, 0) is 11.3 Å². The molecule has 0 unspecified atom stereocenters. The number of methoxy groups -OCH3 is 1. The largest absolute Gasteiger partial charge is 0.377 e. The van der Waals surface area contributed by atoms with E-state index >= 15 is 0 Å². The highest BCUT2D eigenvalue weighted by Gasteiger charge is 2.25. The summed E-state index contributed by atoms with van der Waals surface area (Å²) >= 11 is 5.99. The van der Waals surface area contributed by atoms with Crippen LogP contribution in [0.4, 0.5) is 10.1 Å². The zero-order chi connectivity index (χ0) is 18.1. The van der Waals surface area contributed by atoms with E-state index in [1.165, 1.54) is 6.20 Å². The number of nitrogens with zero attached hydrogens (tertiary/aromatic N) is 4. The predicted molar refractivity (Wildman–Crippen MR) is 101 cm³/mol. The van der Waals surface area contributed by atoms with Crippen molar-refractivity contribution in [3.63, 3.8) is 0 Å². The molecule has 0 spiro atoms. The molecule has 0 radical (unpaired) electrons. The summed E-state index contributed by atoms with van der Waals surface area (Å²) in [5, 5.41) is 0.619. The molecule has 0 amide bonds. The van der Waals surface area contributed by atoms with E-state index < -0.39 is 0 Å². The minimum Gasteiger partial charge on any atom is -0.377 e. The minimum atomic E-state index is -0.318. The lowest BCUT2D eigenvalue weighted by atomic mass is 10.2. The van der Waals surface area contributed by atoms with Gasteiger partial charge in [-0.15, -0.1) is 0 Å². The molecule has 2 heterocycles.